The first-order valence-corrected chi connectivity index (χ1v) is 21.3. The van der Waals surface area contributed by atoms with Gasteiger partial charge in [0.05, 0.1) is 12.2 Å². The van der Waals surface area contributed by atoms with E-state index >= 15 is 0 Å². The molecule has 0 bridgehead atoms. The van der Waals surface area contributed by atoms with E-state index in [1.165, 1.54) is 32.0 Å². The Kier molecular flexibility index (Phi) is 13.1. The van der Waals surface area contributed by atoms with Gasteiger partial charge in [-0.3, -0.25) is 4.79 Å². The Bertz CT molecular complexity index is 1120. The topological polar surface area (TPSA) is 55.8 Å². The number of carbonyl (C=O) groups is 1. The molecule has 2 unspecified atom stereocenters. The second kappa shape index (κ2) is 15.1. The Morgan fingerprint density at radius 2 is 1.48 bits per heavy atom. The molecule has 2 aromatic rings. The van der Waals surface area contributed by atoms with E-state index in [1.54, 1.807) is 0 Å². The van der Waals surface area contributed by atoms with Crippen molar-refractivity contribution in [3.63, 3.8) is 0 Å². The van der Waals surface area contributed by atoms with Crippen LogP contribution in [0, 0.1) is 10.8 Å². The molecule has 0 amide bonds. The average molecular weight is 603 g/mol. The number of aliphatic carboxylic acids is 1. The highest BCUT2D eigenvalue weighted by Crippen LogP contribution is 2.45. The third-order valence-electron chi connectivity index (χ3n) is 6.87. The largest absolute Gasteiger partial charge is 0.481 e. The lowest BCUT2D eigenvalue weighted by atomic mass is 9.77. The highest BCUT2D eigenvalue weighted by atomic mass is 32.1. The third-order valence-corrected chi connectivity index (χ3v) is 9.73. The summed E-state index contributed by atoms with van der Waals surface area (Å²) in [7, 11) is -2.57. The van der Waals surface area contributed by atoms with Crippen molar-refractivity contribution in [2.45, 2.75) is 119 Å². The molecule has 1 aromatic carbocycles. The van der Waals surface area contributed by atoms with Crippen LogP contribution in [0.25, 0.3) is 5.57 Å². The maximum absolute atomic E-state index is 10.9. The van der Waals surface area contributed by atoms with Gasteiger partial charge in [0.2, 0.25) is 0 Å². The van der Waals surface area contributed by atoms with E-state index in [1.807, 2.05) is 11.3 Å². The van der Waals surface area contributed by atoms with Crippen molar-refractivity contribution < 1.29 is 18.8 Å². The van der Waals surface area contributed by atoms with Crippen LogP contribution in [-0.4, -0.2) is 29.2 Å². The summed E-state index contributed by atoms with van der Waals surface area (Å²) in [6, 6.07) is 11.5. The van der Waals surface area contributed by atoms with E-state index in [2.05, 4.69) is 111 Å². The minimum atomic E-state index is -1.29. The number of benzene rings is 1. The van der Waals surface area contributed by atoms with E-state index < -0.39 is 24.0 Å². The molecule has 224 valence electrons. The Morgan fingerprint density at radius 1 is 0.900 bits per heavy atom. The first kappa shape index (κ1) is 34.7. The fraction of sp³-hybridized carbons (Fsp3) is 0.606. The molecule has 40 heavy (non-hydrogen) atoms. The first-order valence-electron chi connectivity index (χ1n) is 15.0. The fourth-order valence-corrected chi connectivity index (χ4v) is 8.34. The predicted octanol–water partition coefficient (Wildman–Crippen LogP) is 9.37. The quantitative estimate of drug-likeness (QED) is 0.219. The third kappa shape index (κ3) is 10.7. The van der Waals surface area contributed by atoms with Crippen LogP contribution < -0.4 is 0 Å². The van der Waals surface area contributed by atoms with Crippen molar-refractivity contribution in [1.29, 1.82) is 0 Å². The summed E-state index contributed by atoms with van der Waals surface area (Å²) in [6.07, 6.45) is 5.76. The van der Waals surface area contributed by atoms with Gasteiger partial charge in [-0.1, -0.05) is 72.7 Å². The predicted molar refractivity (Wildman–Crippen MR) is 178 cm³/mol. The van der Waals surface area contributed by atoms with Gasteiger partial charge in [0, 0.05) is 16.2 Å². The summed E-state index contributed by atoms with van der Waals surface area (Å²) < 4.78 is 13.5. The molecule has 0 saturated carbocycles. The number of carboxylic acids is 1. The Hall–Kier alpha value is -1.52. The smallest absolute Gasteiger partial charge is 0.303 e. The molecular formula is C33H54O4SSi2. The fourth-order valence-electron chi connectivity index (χ4n) is 5.02. The second-order valence-electron chi connectivity index (χ2n) is 13.6. The van der Waals surface area contributed by atoms with E-state index in [0.29, 0.717) is 6.42 Å². The van der Waals surface area contributed by atoms with Crippen LogP contribution in [0.15, 0.2) is 36.4 Å². The molecule has 7 heteroatoms. The van der Waals surface area contributed by atoms with Gasteiger partial charge >= 0.3 is 5.97 Å². The minimum absolute atomic E-state index is 0.0203. The van der Waals surface area contributed by atoms with Crippen LogP contribution in [0.5, 0.6) is 0 Å². The van der Waals surface area contributed by atoms with E-state index in [4.69, 9.17) is 14.0 Å². The number of hydrogen-bond donors (Lipinski definition) is 1. The van der Waals surface area contributed by atoms with Crippen molar-refractivity contribution in [3.05, 3.63) is 62.9 Å². The molecule has 4 nitrogen and oxygen atoms in total. The zero-order valence-corrected chi connectivity index (χ0v) is 30.0. The number of allylic oxidation sites excluding steroid dienone is 2. The van der Waals surface area contributed by atoms with E-state index in [9.17, 15) is 4.79 Å². The van der Waals surface area contributed by atoms with Gasteiger partial charge in [0.15, 0.2) is 18.1 Å². The molecule has 0 aliphatic rings. The highest BCUT2D eigenvalue weighted by molar-refractivity contribution is 7.13. The maximum Gasteiger partial charge on any atom is 0.303 e. The lowest BCUT2D eigenvalue weighted by Gasteiger charge is -2.39. The van der Waals surface area contributed by atoms with Crippen LogP contribution in [0.1, 0.15) is 106 Å². The van der Waals surface area contributed by atoms with E-state index in [-0.39, 0.29) is 29.5 Å². The first-order chi connectivity index (χ1) is 18.5. The summed E-state index contributed by atoms with van der Waals surface area (Å²) in [5, 5.41) is 8.98. The van der Waals surface area contributed by atoms with E-state index in [0.717, 1.165) is 19.3 Å². The molecule has 0 saturated heterocycles. The van der Waals surface area contributed by atoms with Crippen molar-refractivity contribution in [2.75, 3.05) is 0 Å². The summed E-state index contributed by atoms with van der Waals surface area (Å²) in [6.45, 7) is 24.9. The molecule has 0 aliphatic carbocycles. The summed E-state index contributed by atoms with van der Waals surface area (Å²) in [4.78, 5) is 13.5. The molecular weight excluding hydrogens is 549 g/mol. The number of hydrogen-bond acceptors (Lipinski definition) is 4. The molecule has 0 fully saturated rings. The molecule has 1 N–H and O–H groups in total. The Labute approximate surface area is 251 Å². The second-order valence-corrected chi connectivity index (χ2v) is 19.5. The molecule has 0 spiro atoms. The van der Waals surface area contributed by atoms with Gasteiger partial charge in [-0.05, 0) is 97.1 Å². The van der Waals surface area contributed by atoms with Crippen LogP contribution in [-0.2, 0) is 26.5 Å². The number of thiophene rings is 1. The van der Waals surface area contributed by atoms with Gasteiger partial charge in [0.25, 0.3) is 0 Å². The maximum atomic E-state index is 10.9. The Balaban J connectivity index is 2.42. The number of rotatable bonds is 14. The monoisotopic (exact) mass is 602 g/mol. The molecule has 0 radical (unpaired) electrons. The lowest BCUT2D eigenvalue weighted by molar-refractivity contribution is -0.136. The van der Waals surface area contributed by atoms with Gasteiger partial charge in [-0.25, -0.2) is 0 Å². The number of aryl methyl sites for hydroxylation is 2. The van der Waals surface area contributed by atoms with Crippen molar-refractivity contribution in [1.82, 2.24) is 0 Å². The average Bonchev–Trinajstić information content (AvgIpc) is 3.29. The molecule has 0 aliphatic heterocycles. The summed E-state index contributed by atoms with van der Waals surface area (Å²) in [5.74, 6) is -0.745. The van der Waals surface area contributed by atoms with Crippen LogP contribution in [0.4, 0.5) is 0 Å². The van der Waals surface area contributed by atoms with Gasteiger partial charge in [-0.15, -0.1) is 11.3 Å². The molecule has 1 heterocycles. The standard InChI is InChI=1S/C33H54O4SSi2/c1-12-24(14-13-15-29(34)35)28-21-19-25(38-28)18-16-23-17-20-26(30(32(2,3)4)36-39(8)9)27(22-23)31(33(5,6)7)37-40(10)11/h14,17,19-22,30-31,39-40H,12-13,15-16,18H2,1-11H3,(H,34,35). The van der Waals surface area contributed by atoms with Crippen molar-refractivity contribution >= 4 is 41.0 Å². The molecule has 2 rings (SSSR count). The Morgan fingerprint density at radius 3 is 1.98 bits per heavy atom. The van der Waals surface area contributed by atoms with Gasteiger partial charge in [0.1, 0.15) is 0 Å². The summed E-state index contributed by atoms with van der Waals surface area (Å²) in [5.41, 5.74) is 5.10. The molecule has 2 atom stereocenters. The summed E-state index contributed by atoms with van der Waals surface area (Å²) >= 11 is 1.83. The lowest BCUT2D eigenvalue weighted by Crippen LogP contribution is -2.31. The van der Waals surface area contributed by atoms with Crippen LogP contribution in [0.2, 0.25) is 26.2 Å². The molecule has 1 aromatic heterocycles. The van der Waals surface area contributed by atoms with Crippen LogP contribution in [0.3, 0.4) is 0 Å². The van der Waals surface area contributed by atoms with Crippen molar-refractivity contribution in [2.24, 2.45) is 10.8 Å². The zero-order chi connectivity index (χ0) is 30.3. The zero-order valence-electron chi connectivity index (χ0n) is 26.9. The normalized spacial score (nSPS) is 14.7. The highest BCUT2D eigenvalue weighted by Gasteiger charge is 2.35. The minimum Gasteiger partial charge on any atom is -0.481 e. The van der Waals surface area contributed by atoms with Crippen molar-refractivity contribution in [3.8, 4) is 0 Å². The SMILES string of the molecule is CCC(=CCCC(=O)O)c1ccc(CCc2ccc(C(O[SiH](C)C)C(C)(C)C)c(C(O[SiH](C)C)C(C)(C)C)c2)s1. The van der Waals surface area contributed by atoms with Crippen LogP contribution >= 0.6 is 11.3 Å². The number of carboxylic acid groups (broad SMARTS) is 1. The van der Waals surface area contributed by atoms with Gasteiger partial charge < -0.3 is 14.0 Å². The van der Waals surface area contributed by atoms with Gasteiger partial charge in [-0.2, -0.15) is 0 Å².